The number of rotatable bonds is 11. The van der Waals surface area contributed by atoms with E-state index >= 15 is 0 Å². The first kappa shape index (κ1) is 19.0. The van der Waals surface area contributed by atoms with Crippen molar-refractivity contribution in [3.63, 3.8) is 0 Å². The summed E-state index contributed by atoms with van der Waals surface area (Å²) in [6.07, 6.45) is 15.3. The molecular weight excluding hydrogens is 312 g/mol. The maximum absolute atomic E-state index is 2.40. The first-order valence-electron chi connectivity index (χ1n) is 10.8. The van der Waals surface area contributed by atoms with Gasteiger partial charge in [-0.1, -0.05) is 107 Å². The first-order valence-corrected chi connectivity index (χ1v) is 10.8. The fourth-order valence-corrected chi connectivity index (χ4v) is 3.96. The van der Waals surface area contributed by atoms with Gasteiger partial charge in [0.25, 0.3) is 0 Å². The van der Waals surface area contributed by atoms with E-state index in [0.717, 1.165) is 0 Å². The summed E-state index contributed by atoms with van der Waals surface area (Å²) in [5.74, 6) is 0. The molecule has 0 heteroatoms. The second kappa shape index (κ2) is 10.4. The first-order chi connectivity index (χ1) is 12.9. The highest BCUT2D eigenvalue weighted by Gasteiger charge is 2.00. The summed E-state index contributed by atoms with van der Waals surface area (Å²) in [4.78, 5) is 0. The Morgan fingerprint density at radius 3 is 1.69 bits per heavy atom. The van der Waals surface area contributed by atoms with E-state index < -0.39 is 0 Å². The molecule has 0 N–H and O–H groups in total. The van der Waals surface area contributed by atoms with Gasteiger partial charge in [0.15, 0.2) is 0 Å². The molecule has 0 spiro atoms. The highest BCUT2D eigenvalue weighted by Crippen LogP contribution is 2.24. The predicted molar refractivity (Wildman–Crippen MR) is 117 cm³/mol. The van der Waals surface area contributed by atoms with Gasteiger partial charge in [0.1, 0.15) is 0 Å². The fourth-order valence-electron chi connectivity index (χ4n) is 3.96. The number of hydrogen-bond donors (Lipinski definition) is 0. The molecule has 3 aromatic carbocycles. The molecule has 0 aliphatic heterocycles. The smallest absolute Gasteiger partial charge is 0.0175 e. The number of aryl methyl sites for hydroxylation is 1. The Bertz CT molecular complexity index is 799. The molecule has 0 heterocycles. The summed E-state index contributed by atoms with van der Waals surface area (Å²) < 4.78 is 0. The Balaban J connectivity index is 1.41. The van der Waals surface area contributed by atoms with Crippen molar-refractivity contribution < 1.29 is 0 Å². The quantitative estimate of drug-likeness (QED) is 0.241. The lowest BCUT2D eigenvalue weighted by molar-refractivity contribution is 0.556. The molecule has 0 unspecified atom stereocenters. The maximum Gasteiger partial charge on any atom is -0.0175 e. The third kappa shape index (κ3) is 5.59. The molecule has 0 aromatic heterocycles. The molecule has 0 amide bonds. The van der Waals surface area contributed by atoms with E-state index in [9.17, 15) is 0 Å². The number of unbranched alkanes of at least 4 members (excludes halogenated alkanes) is 9. The Morgan fingerprint density at radius 2 is 1.04 bits per heavy atom. The lowest BCUT2D eigenvalue weighted by atomic mass is 9.99. The molecule has 3 aromatic rings. The van der Waals surface area contributed by atoms with E-state index in [1.165, 1.54) is 97.7 Å². The second-order valence-corrected chi connectivity index (χ2v) is 7.81. The van der Waals surface area contributed by atoms with Gasteiger partial charge >= 0.3 is 0 Å². The van der Waals surface area contributed by atoms with Crippen molar-refractivity contribution >= 4 is 21.5 Å². The maximum atomic E-state index is 2.40. The molecule has 0 radical (unpaired) electrons. The van der Waals surface area contributed by atoms with Crippen molar-refractivity contribution in [2.75, 3.05) is 0 Å². The number of fused-ring (bicyclic) bond motifs is 2. The van der Waals surface area contributed by atoms with Crippen molar-refractivity contribution in [3.8, 4) is 0 Å². The third-order valence-corrected chi connectivity index (χ3v) is 5.59. The average molecular weight is 347 g/mol. The van der Waals surface area contributed by atoms with E-state index in [4.69, 9.17) is 0 Å². The highest BCUT2D eigenvalue weighted by molar-refractivity contribution is 5.98. The molecule has 0 atom stereocenters. The lowest BCUT2D eigenvalue weighted by Gasteiger charge is -2.06. The molecule has 0 nitrogen and oxygen atoms in total. The van der Waals surface area contributed by atoms with Gasteiger partial charge in [0.2, 0.25) is 0 Å². The van der Waals surface area contributed by atoms with E-state index in [1.54, 1.807) is 0 Å². The summed E-state index contributed by atoms with van der Waals surface area (Å²) in [7, 11) is 0. The second-order valence-electron chi connectivity index (χ2n) is 7.81. The zero-order valence-electron chi connectivity index (χ0n) is 16.5. The van der Waals surface area contributed by atoms with Crippen LogP contribution in [0.4, 0.5) is 0 Å². The molecule has 0 bridgehead atoms. The van der Waals surface area contributed by atoms with Gasteiger partial charge in [0, 0.05) is 0 Å². The van der Waals surface area contributed by atoms with E-state index in [2.05, 4.69) is 61.5 Å². The third-order valence-electron chi connectivity index (χ3n) is 5.59. The van der Waals surface area contributed by atoms with Crippen molar-refractivity contribution in [2.24, 2.45) is 0 Å². The van der Waals surface area contributed by atoms with Crippen LogP contribution < -0.4 is 0 Å². The molecule has 138 valence electrons. The Kier molecular flexibility index (Phi) is 7.55. The summed E-state index contributed by atoms with van der Waals surface area (Å²) in [5, 5.41) is 5.42. The van der Waals surface area contributed by atoms with Crippen LogP contribution in [0.5, 0.6) is 0 Å². The van der Waals surface area contributed by atoms with Crippen molar-refractivity contribution in [1.29, 1.82) is 0 Å². The van der Waals surface area contributed by atoms with E-state index in [0.29, 0.717) is 0 Å². The normalized spacial score (nSPS) is 11.4. The zero-order chi connectivity index (χ0) is 18.0. The summed E-state index contributed by atoms with van der Waals surface area (Å²) >= 11 is 0. The van der Waals surface area contributed by atoms with E-state index in [-0.39, 0.29) is 0 Å². The molecule has 3 rings (SSSR count). The summed E-state index contributed by atoms with van der Waals surface area (Å²) in [5.41, 5.74) is 1.49. The Morgan fingerprint density at radius 1 is 0.500 bits per heavy atom. The van der Waals surface area contributed by atoms with Gasteiger partial charge in [-0.05, 0) is 52.1 Å². The minimum Gasteiger partial charge on any atom is -0.0654 e. The Labute approximate surface area is 159 Å². The van der Waals surface area contributed by atoms with Gasteiger partial charge in [0.05, 0.1) is 0 Å². The minimum absolute atomic E-state index is 1.22. The van der Waals surface area contributed by atoms with Crippen LogP contribution in [0.15, 0.2) is 54.6 Å². The zero-order valence-corrected chi connectivity index (χ0v) is 16.5. The van der Waals surface area contributed by atoms with Gasteiger partial charge in [-0.3, -0.25) is 0 Å². The Hall–Kier alpha value is -1.82. The molecule has 0 aliphatic carbocycles. The molecule has 0 saturated heterocycles. The molecule has 26 heavy (non-hydrogen) atoms. The van der Waals surface area contributed by atoms with Crippen LogP contribution in [-0.2, 0) is 6.42 Å². The number of hydrogen-bond acceptors (Lipinski definition) is 0. The van der Waals surface area contributed by atoms with Crippen molar-refractivity contribution in [2.45, 2.75) is 77.6 Å². The van der Waals surface area contributed by atoms with Crippen LogP contribution in [0.1, 0.15) is 76.7 Å². The van der Waals surface area contributed by atoms with Crippen LogP contribution in [0.2, 0.25) is 0 Å². The van der Waals surface area contributed by atoms with Gasteiger partial charge < -0.3 is 0 Å². The van der Waals surface area contributed by atoms with Gasteiger partial charge in [-0.25, -0.2) is 0 Å². The summed E-state index contributed by atoms with van der Waals surface area (Å²) in [6, 6.07) is 20.3. The van der Waals surface area contributed by atoms with Crippen LogP contribution in [-0.4, -0.2) is 0 Å². The van der Waals surface area contributed by atoms with Gasteiger partial charge in [-0.2, -0.15) is 0 Å². The average Bonchev–Trinajstić information content (AvgIpc) is 2.67. The monoisotopic (exact) mass is 346 g/mol. The predicted octanol–water partition coefficient (Wildman–Crippen LogP) is 8.46. The van der Waals surface area contributed by atoms with Crippen LogP contribution in [0, 0.1) is 0 Å². The summed E-state index contributed by atoms with van der Waals surface area (Å²) in [6.45, 7) is 2.29. The lowest BCUT2D eigenvalue weighted by Crippen LogP contribution is -1.87. The van der Waals surface area contributed by atoms with Crippen LogP contribution >= 0.6 is 0 Å². The molecule has 0 saturated carbocycles. The standard InChI is InChI=1S/C26H34/c1-2-3-4-5-6-7-8-9-10-11-14-22-17-18-25-20-23-15-12-13-16-24(23)21-26(25)19-22/h12-13,15-21H,2-11,14H2,1H3. The van der Waals surface area contributed by atoms with E-state index in [1.807, 2.05) is 0 Å². The topological polar surface area (TPSA) is 0 Å². The largest absolute Gasteiger partial charge is 0.0654 e. The minimum atomic E-state index is 1.22. The number of benzene rings is 3. The fraction of sp³-hybridized carbons (Fsp3) is 0.462. The van der Waals surface area contributed by atoms with Crippen LogP contribution in [0.3, 0.4) is 0 Å². The SMILES string of the molecule is CCCCCCCCCCCCc1ccc2cc3ccccc3cc2c1. The van der Waals surface area contributed by atoms with Gasteiger partial charge in [-0.15, -0.1) is 0 Å². The van der Waals surface area contributed by atoms with Crippen molar-refractivity contribution in [1.82, 2.24) is 0 Å². The van der Waals surface area contributed by atoms with Crippen LogP contribution in [0.25, 0.3) is 21.5 Å². The molecule has 0 aliphatic rings. The molecular formula is C26H34. The molecule has 0 fully saturated rings. The highest BCUT2D eigenvalue weighted by atomic mass is 14.1. The van der Waals surface area contributed by atoms with Crippen molar-refractivity contribution in [3.05, 3.63) is 60.2 Å².